The lowest BCUT2D eigenvalue weighted by Gasteiger charge is -2.26. The molecule has 4 rings (SSSR count). The first-order valence-corrected chi connectivity index (χ1v) is 9.86. The van der Waals surface area contributed by atoms with Crippen LogP contribution in [0.15, 0.2) is 102 Å². The van der Waals surface area contributed by atoms with Crippen LogP contribution < -0.4 is 10.6 Å². The monoisotopic (exact) mass is 397 g/mol. The number of anilines is 1. The number of aryl methyl sites for hydroxylation is 1. The summed E-state index contributed by atoms with van der Waals surface area (Å²) in [5.74, 6) is 0.837. The minimum absolute atomic E-state index is 0.164. The number of hydrogen-bond donors (Lipinski definition) is 2. The van der Waals surface area contributed by atoms with Gasteiger partial charge in [-0.15, -0.1) is 0 Å². The molecule has 3 aromatic carbocycles. The Morgan fingerprint density at radius 3 is 1.77 bits per heavy atom. The highest BCUT2D eigenvalue weighted by Crippen LogP contribution is 2.27. The summed E-state index contributed by atoms with van der Waals surface area (Å²) in [6.07, 6.45) is 0. The fraction of sp³-hybridized carbons (Fsp3) is 0.120. The van der Waals surface area contributed by atoms with E-state index in [1.165, 1.54) is 0 Å². The van der Waals surface area contributed by atoms with Gasteiger partial charge >= 0.3 is 0 Å². The second kappa shape index (κ2) is 9.20. The Morgan fingerprint density at radius 2 is 1.30 bits per heavy atom. The van der Waals surface area contributed by atoms with Gasteiger partial charge in [0, 0.05) is 6.07 Å². The molecule has 5 heteroatoms. The maximum Gasteiger partial charge on any atom is 0.247 e. The van der Waals surface area contributed by atoms with E-state index in [4.69, 9.17) is 4.52 Å². The third-order valence-electron chi connectivity index (χ3n) is 4.87. The second-order valence-electron chi connectivity index (χ2n) is 7.08. The number of carbonyl (C=O) groups excluding carboxylic acids is 1. The summed E-state index contributed by atoms with van der Waals surface area (Å²) in [7, 11) is 0. The predicted octanol–water partition coefficient (Wildman–Crippen LogP) is 5.04. The van der Waals surface area contributed by atoms with E-state index >= 15 is 0 Å². The van der Waals surface area contributed by atoms with Crippen LogP contribution in [0.3, 0.4) is 0 Å². The molecule has 1 unspecified atom stereocenters. The zero-order chi connectivity index (χ0) is 20.8. The van der Waals surface area contributed by atoms with E-state index in [-0.39, 0.29) is 11.9 Å². The molecule has 0 spiro atoms. The first-order chi connectivity index (χ1) is 14.7. The van der Waals surface area contributed by atoms with Crippen molar-refractivity contribution < 1.29 is 9.32 Å². The second-order valence-corrected chi connectivity index (χ2v) is 7.08. The Kier molecular flexibility index (Phi) is 6.01. The summed E-state index contributed by atoms with van der Waals surface area (Å²) in [5, 5.41) is 10.3. The molecule has 30 heavy (non-hydrogen) atoms. The largest absolute Gasteiger partial charge is 0.360 e. The highest BCUT2D eigenvalue weighted by atomic mass is 16.5. The Balaban J connectivity index is 1.69. The number of amides is 1. The third kappa shape index (κ3) is 4.64. The van der Waals surface area contributed by atoms with Crippen LogP contribution in [-0.2, 0) is 4.79 Å². The van der Waals surface area contributed by atoms with Gasteiger partial charge in [0.1, 0.15) is 11.8 Å². The molecule has 0 bridgehead atoms. The number of hydrogen-bond acceptors (Lipinski definition) is 4. The van der Waals surface area contributed by atoms with Crippen molar-refractivity contribution in [2.24, 2.45) is 0 Å². The lowest BCUT2D eigenvalue weighted by Crippen LogP contribution is -2.36. The van der Waals surface area contributed by atoms with E-state index in [9.17, 15) is 4.79 Å². The Morgan fingerprint density at radius 1 is 0.800 bits per heavy atom. The topological polar surface area (TPSA) is 67.2 Å². The first kappa shape index (κ1) is 19.6. The summed E-state index contributed by atoms with van der Waals surface area (Å²) < 4.78 is 5.09. The van der Waals surface area contributed by atoms with Crippen molar-refractivity contribution in [2.45, 2.75) is 19.0 Å². The zero-order valence-electron chi connectivity index (χ0n) is 16.7. The van der Waals surface area contributed by atoms with Crippen LogP contribution in [-0.4, -0.2) is 11.1 Å². The normalized spacial score (nSPS) is 11.9. The molecule has 150 valence electrons. The van der Waals surface area contributed by atoms with Gasteiger partial charge in [-0.05, 0) is 23.6 Å². The molecule has 0 radical (unpaired) electrons. The number of nitrogens with one attached hydrogen (secondary N) is 2. The van der Waals surface area contributed by atoms with E-state index in [1.54, 1.807) is 13.0 Å². The van der Waals surface area contributed by atoms with Crippen molar-refractivity contribution in [3.8, 4) is 0 Å². The van der Waals surface area contributed by atoms with Gasteiger partial charge < -0.3 is 9.84 Å². The van der Waals surface area contributed by atoms with Crippen LogP contribution in [0.4, 0.5) is 5.82 Å². The van der Waals surface area contributed by atoms with Crippen LogP contribution in [0.25, 0.3) is 0 Å². The van der Waals surface area contributed by atoms with Crippen LogP contribution in [0.2, 0.25) is 0 Å². The van der Waals surface area contributed by atoms with Gasteiger partial charge in [0.15, 0.2) is 5.82 Å². The van der Waals surface area contributed by atoms with Gasteiger partial charge in [-0.1, -0.05) is 96.2 Å². The average Bonchev–Trinajstić information content (AvgIpc) is 3.20. The van der Waals surface area contributed by atoms with E-state index in [0.29, 0.717) is 11.6 Å². The first-order valence-electron chi connectivity index (χ1n) is 9.86. The van der Waals surface area contributed by atoms with E-state index in [2.05, 4.69) is 40.1 Å². The fourth-order valence-corrected chi connectivity index (χ4v) is 3.44. The maximum absolute atomic E-state index is 13.3. The fourth-order valence-electron chi connectivity index (χ4n) is 3.44. The molecular weight excluding hydrogens is 374 g/mol. The highest BCUT2D eigenvalue weighted by Gasteiger charge is 2.26. The van der Waals surface area contributed by atoms with Crippen molar-refractivity contribution >= 4 is 11.7 Å². The van der Waals surface area contributed by atoms with Gasteiger partial charge in [0.05, 0.1) is 6.04 Å². The van der Waals surface area contributed by atoms with Crippen molar-refractivity contribution in [1.82, 2.24) is 10.5 Å². The molecule has 0 saturated carbocycles. The molecule has 0 aliphatic heterocycles. The molecule has 5 nitrogen and oxygen atoms in total. The summed E-state index contributed by atoms with van der Waals surface area (Å²) in [4.78, 5) is 13.3. The number of carbonyl (C=O) groups is 1. The number of rotatable bonds is 7. The summed E-state index contributed by atoms with van der Waals surface area (Å²) in [6.45, 7) is 1.79. The zero-order valence-corrected chi connectivity index (χ0v) is 16.7. The number of benzene rings is 3. The van der Waals surface area contributed by atoms with Gasteiger partial charge in [0.2, 0.25) is 5.91 Å². The molecule has 1 aromatic heterocycles. The molecule has 1 amide bonds. The minimum Gasteiger partial charge on any atom is -0.360 e. The van der Waals surface area contributed by atoms with Crippen LogP contribution in [0, 0.1) is 6.92 Å². The third-order valence-corrected chi connectivity index (χ3v) is 4.87. The Bertz CT molecular complexity index is 1040. The van der Waals surface area contributed by atoms with E-state index < -0.39 is 6.04 Å². The van der Waals surface area contributed by atoms with Crippen molar-refractivity contribution in [3.63, 3.8) is 0 Å². The molecule has 1 atom stereocenters. The minimum atomic E-state index is -0.589. The SMILES string of the molecule is Cc1cc(NC(=O)C(NC(c2ccccc2)c2ccccc2)c2ccccc2)no1. The van der Waals surface area contributed by atoms with Crippen LogP contribution in [0.1, 0.15) is 34.5 Å². The number of nitrogens with zero attached hydrogens (tertiary/aromatic N) is 1. The molecule has 1 heterocycles. The lowest BCUT2D eigenvalue weighted by molar-refractivity contribution is -0.118. The molecule has 0 aliphatic rings. The van der Waals surface area contributed by atoms with Crippen molar-refractivity contribution in [1.29, 1.82) is 0 Å². The Labute approximate surface area is 175 Å². The quantitative estimate of drug-likeness (QED) is 0.458. The summed E-state index contributed by atoms with van der Waals surface area (Å²) in [5.41, 5.74) is 3.02. The Hall–Kier alpha value is -3.70. The lowest BCUT2D eigenvalue weighted by atomic mass is 9.96. The van der Waals surface area contributed by atoms with Gasteiger partial charge in [0.25, 0.3) is 0 Å². The van der Waals surface area contributed by atoms with Crippen LogP contribution >= 0.6 is 0 Å². The van der Waals surface area contributed by atoms with Gasteiger partial charge in [-0.25, -0.2) is 0 Å². The van der Waals surface area contributed by atoms with E-state index in [1.807, 2.05) is 66.7 Å². The molecule has 2 N–H and O–H groups in total. The smallest absolute Gasteiger partial charge is 0.247 e. The molecular formula is C25H23N3O2. The average molecular weight is 397 g/mol. The maximum atomic E-state index is 13.3. The summed E-state index contributed by atoms with van der Waals surface area (Å²) in [6, 6.07) is 30.9. The van der Waals surface area contributed by atoms with E-state index in [0.717, 1.165) is 16.7 Å². The molecule has 4 aromatic rings. The molecule has 0 saturated heterocycles. The van der Waals surface area contributed by atoms with Crippen molar-refractivity contribution in [3.05, 3.63) is 120 Å². The van der Waals surface area contributed by atoms with Crippen LogP contribution in [0.5, 0.6) is 0 Å². The van der Waals surface area contributed by atoms with Crippen molar-refractivity contribution in [2.75, 3.05) is 5.32 Å². The summed E-state index contributed by atoms with van der Waals surface area (Å²) >= 11 is 0. The van der Waals surface area contributed by atoms with Gasteiger partial charge in [-0.2, -0.15) is 0 Å². The highest BCUT2D eigenvalue weighted by molar-refractivity contribution is 5.94. The number of aromatic nitrogens is 1. The van der Waals surface area contributed by atoms with Gasteiger partial charge in [-0.3, -0.25) is 10.1 Å². The molecule has 0 fully saturated rings. The predicted molar refractivity (Wildman–Crippen MR) is 117 cm³/mol. The molecule has 0 aliphatic carbocycles. The standard InChI is InChI=1S/C25H23N3O2/c1-18-17-22(28-30-18)26-25(29)24(21-15-9-4-10-16-21)27-23(19-11-5-2-6-12-19)20-13-7-3-8-14-20/h2-17,23-24,27H,1H3,(H,26,28,29).